The zero-order chi connectivity index (χ0) is 20.2. The van der Waals surface area contributed by atoms with Gasteiger partial charge in [0.1, 0.15) is 23.9 Å². The molecule has 2 fully saturated rings. The molecule has 0 aliphatic carbocycles. The molecule has 3 atom stereocenters. The van der Waals surface area contributed by atoms with Crippen molar-refractivity contribution < 1.29 is 14.2 Å². The van der Waals surface area contributed by atoms with E-state index in [2.05, 4.69) is 41.1 Å². The molecule has 0 spiro atoms. The first-order valence-electron chi connectivity index (χ1n) is 10.6. The van der Waals surface area contributed by atoms with E-state index in [0.29, 0.717) is 25.2 Å². The van der Waals surface area contributed by atoms with Crippen LogP contribution in [-0.2, 0) is 0 Å². The molecule has 0 radical (unpaired) electrons. The Morgan fingerprint density at radius 2 is 1.61 bits per heavy atom. The van der Waals surface area contributed by atoms with Crippen LogP contribution in [0.15, 0.2) is 48.5 Å². The average Bonchev–Trinajstić information content (AvgIpc) is 3.24. The molecule has 31 heavy (non-hydrogen) atoms. The van der Waals surface area contributed by atoms with Crippen molar-refractivity contribution in [2.45, 2.75) is 13.0 Å². The molecule has 0 N–H and O–H groups in total. The van der Waals surface area contributed by atoms with Crippen molar-refractivity contribution in [3.05, 3.63) is 54.1 Å². The first kappa shape index (κ1) is 25.6. The van der Waals surface area contributed by atoms with Crippen LogP contribution in [0.3, 0.4) is 0 Å². The number of halogens is 2. The summed E-state index contributed by atoms with van der Waals surface area (Å²) in [6.45, 7) is 7.79. The minimum Gasteiger partial charge on any atom is -0.497 e. The number of likely N-dealkylation sites (tertiary alicyclic amines) is 2. The van der Waals surface area contributed by atoms with E-state index in [1.807, 2.05) is 31.2 Å². The van der Waals surface area contributed by atoms with E-state index in [1.54, 1.807) is 7.11 Å². The Bertz CT molecular complexity index is 806. The van der Waals surface area contributed by atoms with Crippen LogP contribution in [0, 0.1) is 11.8 Å². The normalized spacial score (nSPS) is 22.9. The van der Waals surface area contributed by atoms with Crippen molar-refractivity contribution in [1.29, 1.82) is 0 Å². The summed E-state index contributed by atoms with van der Waals surface area (Å²) in [5.74, 6) is 4.07. The molecule has 2 aliphatic heterocycles. The lowest BCUT2D eigenvalue weighted by Crippen LogP contribution is -2.31. The van der Waals surface area contributed by atoms with Crippen molar-refractivity contribution in [1.82, 2.24) is 9.80 Å². The summed E-state index contributed by atoms with van der Waals surface area (Å²) in [5, 5.41) is 0. The van der Waals surface area contributed by atoms with Crippen LogP contribution < -0.4 is 14.2 Å². The second-order valence-electron chi connectivity index (χ2n) is 8.10. The zero-order valence-electron chi connectivity index (χ0n) is 18.5. The van der Waals surface area contributed by atoms with Gasteiger partial charge in [0, 0.05) is 38.3 Å². The summed E-state index contributed by atoms with van der Waals surface area (Å²) in [6, 6.07) is 17.0. The van der Waals surface area contributed by atoms with Gasteiger partial charge in [-0.05, 0) is 55.6 Å². The van der Waals surface area contributed by atoms with Crippen LogP contribution >= 0.6 is 24.8 Å². The van der Waals surface area contributed by atoms with E-state index >= 15 is 0 Å². The smallest absolute Gasteiger partial charge is 0.123 e. The number of nitrogens with zero attached hydrogens (tertiary/aromatic N) is 2. The third kappa shape index (κ3) is 5.98. The summed E-state index contributed by atoms with van der Waals surface area (Å²) in [7, 11) is 3.97. The summed E-state index contributed by atoms with van der Waals surface area (Å²) in [6.07, 6.45) is 0. The zero-order valence-corrected chi connectivity index (χ0v) is 20.2. The third-order valence-electron chi connectivity index (χ3n) is 6.22. The first-order chi connectivity index (χ1) is 14.2. The maximum absolute atomic E-state index is 5.99. The molecule has 2 aromatic rings. The van der Waals surface area contributed by atoms with Gasteiger partial charge in [0.2, 0.25) is 0 Å². The number of fused-ring (bicyclic) bond motifs is 1. The second-order valence-corrected chi connectivity index (χ2v) is 8.10. The van der Waals surface area contributed by atoms with Gasteiger partial charge in [-0.25, -0.2) is 0 Å². The summed E-state index contributed by atoms with van der Waals surface area (Å²) in [5.41, 5.74) is 1.40. The Labute approximate surface area is 198 Å². The first-order valence-corrected chi connectivity index (χ1v) is 10.6. The fraction of sp³-hybridized carbons (Fsp3) is 0.500. The highest BCUT2D eigenvalue weighted by molar-refractivity contribution is 5.85. The van der Waals surface area contributed by atoms with E-state index < -0.39 is 0 Å². The van der Waals surface area contributed by atoms with Crippen molar-refractivity contribution in [2.75, 3.05) is 53.6 Å². The molecule has 2 heterocycles. The van der Waals surface area contributed by atoms with Gasteiger partial charge in [-0.1, -0.05) is 18.2 Å². The lowest BCUT2D eigenvalue weighted by atomic mass is 9.89. The lowest BCUT2D eigenvalue weighted by Gasteiger charge is -2.27. The predicted molar refractivity (Wildman–Crippen MR) is 129 cm³/mol. The van der Waals surface area contributed by atoms with E-state index in [0.717, 1.165) is 49.3 Å². The molecule has 0 unspecified atom stereocenters. The fourth-order valence-electron chi connectivity index (χ4n) is 4.95. The molecule has 4 rings (SSSR count). The number of hydrogen-bond donors (Lipinski definition) is 0. The van der Waals surface area contributed by atoms with Gasteiger partial charge in [0.25, 0.3) is 0 Å². The molecular formula is C24H34Cl2N2O3. The molecule has 0 bridgehead atoms. The highest BCUT2D eigenvalue weighted by Gasteiger charge is 2.45. The molecule has 5 nitrogen and oxygen atoms in total. The summed E-state index contributed by atoms with van der Waals surface area (Å²) >= 11 is 0. The Kier molecular flexibility index (Phi) is 9.76. The topological polar surface area (TPSA) is 34.2 Å². The molecule has 7 heteroatoms. The monoisotopic (exact) mass is 468 g/mol. The Balaban J connectivity index is 0.00000171. The van der Waals surface area contributed by atoms with Crippen LogP contribution in [0.1, 0.15) is 18.5 Å². The van der Waals surface area contributed by atoms with Crippen LogP contribution in [0.25, 0.3) is 0 Å². The maximum Gasteiger partial charge on any atom is 0.123 e. The molecule has 0 amide bonds. The predicted octanol–water partition coefficient (Wildman–Crippen LogP) is 4.55. The van der Waals surface area contributed by atoms with Crippen LogP contribution in [-0.4, -0.2) is 63.4 Å². The van der Waals surface area contributed by atoms with Gasteiger partial charge < -0.3 is 14.2 Å². The van der Waals surface area contributed by atoms with E-state index in [4.69, 9.17) is 14.2 Å². The number of benzene rings is 2. The molecule has 0 aromatic heterocycles. The van der Waals surface area contributed by atoms with Crippen molar-refractivity contribution >= 4 is 24.8 Å². The van der Waals surface area contributed by atoms with Crippen LogP contribution in [0.5, 0.6) is 17.2 Å². The van der Waals surface area contributed by atoms with Crippen molar-refractivity contribution in [3.63, 3.8) is 0 Å². The van der Waals surface area contributed by atoms with Gasteiger partial charge in [-0.3, -0.25) is 9.80 Å². The number of methoxy groups -OCH3 is 1. The highest BCUT2D eigenvalue weighted by atomic mass is 35.5. The van der Waals surface area contributed by atoms with Crippen LogP contribution in [0.2, 0.25) is 0 Å². The average molecular weight is 469 g/mol. The van der Waals surface area contributed by atoms with Gasteiger partial charge >= 0.3 is 0 Å². The third-order valence-corrected chi connectivity index (χ3v) is 6.22. The standard InChI is InChI=1S/C24H32N2O3.2ClH/c1-4-28-21-6-5-7-22(14-21)29-13-12-26-16-19-15-25(2)24(23(19)17-26)18-8-10-20(27-3)11-9-18;;/h5-11,14,19,23-24H,4,12-13,15-17H2,1-3H3;2*1H/t19-,23+,24-;;/m0../s1. The molecule has 0 saturated carbocycles. The van der Waals surface area contributed by atoms with Crippen molar-refractivity contribution in [2.24, 2.45) is 11.8 Å². The maximum atomic E-state index is 5.99. The van der Waals surface area contributed by atoms with Gasteiger partial charge in [-0.15, -0.1) is 24.8 Å². The molecule has 2 aromatic carbocycles. The number of ether oxygens (including phenoxy) is 3. The highest BCUT2D eigenvalue weighted by Crippen LogP contribution is 2.44. The SMILES string of the molecule is CCOc1cccc(OCCN2C[C@@H]3CN(C)[C@@H](c4ccc(OC)cc4)[C@@H]3C2)c1.Cl.Cl. The minimum atomic E-state index is 0. The van der Waals surface area contributed by atoms with E-state index in [9.17, 15) is 0 Å². The van der Waals surface area contributed by atoms with Gasteiger partial charge in [0.05, 0.1) is 13.7 Å². The van der Waals surface area contributed by atoms with E-state index in [-0.39, 0.29) is 24.8 Å². The van der Waals surface area contributed by atoms with Gasteiger partial charge in [0.15, 0.2) is 0 Å². The fourth-order valence-corrected chi connectivity index (χ4v) is 4.95. The Hall–Kier alpha value is -1.66. The summed E-state index contributed by atoms with van der Waals surface area (Å²) in [4.78, 5) is 5.08. The van der Waals surface area contributed by atoms with Crippen molar-refractivity contribution in [3.8, 4) is 17.2 Å². The molecule has 2 aliphatic rings. The number of hydrogen-bond acceptors (Lipinski definition) is 5. The summed E-state index contributed by atoms with van der Waals surface area (Å²) < 4.78 is 16.9. The molecule has 172 valence electrons. The van der Waals surface area contributed by atoms with E-state index in [1.165, 1.54) is 5.56 Å². The van der Waals surface area contributed by atoms with Crippen LogP contribution in [0.4, 0.5) is 0 Å². The second kappa shape index (κ2) is 11.8. The Morgan fingerprint density at radius 1 is 0.903 bits per heavy atom. The molecular weight excluding hydrogens is 435 g/mol. The van der Waals surface area contributed by atoms with Gasteiger partial charge in [-0.2, -0.15) is 0 Å². The Morgan fingerprint density at radius 3 is 2.29 bits per heavy atom. The minimum absolute atomic E-state index is 0. The lowest BCUT2D eigenvalue weighted by molar-refractivity contribution is 0.198. The largest absolute Gasteiger partial charge is 0.497 e. The molecule has 2 saturated heterocycles. The quantitative estimate of drug-likeness (QED) is 0.567. The number of rotatable bonds is 8.